The van der Waals surface area contributed by atoms with Gasteiger partial charge in [0.2, 0.25) is 0 Å². The van der Waals surface area contributed by atoms with E-state index in [0.717, 1.165) is 12.0 Å². The maximum Gasteiger partial charge on any atom is 0.150 e. The van der Waals surface area contributed by atoms with Crippen LogP contribution in [0.25, 0.3) is 0 Å². The Morgan fingerprint density at radius 2 is 2.21 bits per heavy atom. The van der Waals surface area contributed by atoms with Crippen molar-refractivity contribution in [2.24, 2.45) is 0 Å². The molecular weight excluding hydrogens is 172 g/mol. The monoisotopic (exact) mass is 186 g/mol. The lowest BCUT2D eigenvalue weighted by Gasteiger charge is -2.33. The van der Waals surface area contributed by atoms with E-state index in [4.69, 9.17) is 6.42 Å². The number of terminal acetylenes is 1. The summed E-state index contributed by atoms with van der Waals surface area (Å²) < 4.78 is 0. The standard InChI is InChI=1S/C13H14O/c1-3-13(14)9-8-10(2)11-6-4-5-7-12(11)13/h1,4-7,10,14H,8-9H2,2H3. The molecule has 0 radical (unpaired) electrons. The SMILES string of the molecule is C#CC1(O)CCC(C)c2ccccc21. The van der Waals surface area contributed by atoms with Gasteiger partial charge in [-0.2, -0.15) is 0 Å². The maximum absolute atomic E-state index is 10.2. The van der Waals surface area contributed by atoms with Crippen molar-refractivity contribution in [1.82, 2.24) is 0 Å². The minimum Gasteiger partial charge on any atom is -0.373 e. The van der Waals surface area contributed by atoms with E-state index in [1.54, 1.807) is 0 Å². The summed E-state index contributed by atoms with van der Waals surface area (Å²) in [6.07, 6.45) is 7.02. The molecular formula is C13H14O. The van der Waals surface area contributed by atoms with Crippen molar-refractivity contribution in [3.63, 3.8) is 0 Å². The van der Waals surface area contributed by atoms with Crippen LogP contribution in [0.4, 0.5) is 0 Å². The first-order valence-electron chi connectivity index (χ1n) is 4.97. The molecule has 0 saturated heterocycles. The summed E-state index contributed by atoms with van der Waals surface area (Å²) >= 11 is 0. The fourth-order valence-corrected chi connectivity index (χ4v) is 2.17. The lowest BCUT2D eigenvalue weighted by Crippen LogP contribution is -2.29. The van der Waals surface area contributed by atoms with Crippen LogP contribution in [-0.4, -0.2) is 5.11 Å². The Bertz CT molecular complexity index is 388. The Labute approximate surface area is 84.8 Å². The summed E-state index contributed by atoms with van der Waals surface area (Å²) in [5, 5.41) is 10.2. The molecule has 0 fully saturated rings. The zero-order valence-electron chi connectivity index (χ0n) is 8.33. The quantitative estimate of drug-likeness (QED) is 0.617. The highest BCUT2D eigenvalue weighted by molar-refractivity contribution is 5.41. The minimum atomic E-state index is -1.04. The van der Waals surface area contributed by atoms with Gasteiger partial charge in [-0.05, 0) is 29.9 Å². The lowest BCUT2D eigenvalue weighted by atomic mass is 9.75. The van der Waals surface area contributed by atoms with Gasteiger partial charge in [-0.1, -0.05) is 37.1 Å². The molecule has 0 aromatic heterocycles. The van der Waals surface area contributed by atoms with E-state index in [-0.39, 0.29) is 0 Å². The molecule has 0 bridgehead atoms. The summed E-state index contributed by atoms with van der Waals surface area (Å²) in [6, 6.07) is 7.92. The summed E-state index contributed by atoms with van der Waals surface area (Å²) in [5.41, 5.74) is 1.07. The highest BCUT2D eigenvalue weighted by Crippen LogP contribution is 2.40. The molecule has 1 nitrogen and oxygen atoms in total. The van der Waals surface area contributed by atoms with Crippen LogP contribution in [0.3, 0.4) is 0 Å². The summed E-state index contributed by atoms with van der Waals surface area (Å²) in [7, 11) is 0. The molecule has 1 heteroatoms. The number of hydrogen-bond donors (Lipinski definition) is 1. The van der Waals surface area contributed by atoms with Crippen molar-refractivity contribution in [2.45, 2.75) is 31.3 Å². The van der Waals surface area contributed by atoms with Gasteiger partial charge in [-0.25, -0.2) is 0 Å². The summed E-state index contributed by atoms with van der Waals surface area (Å²) in [5.74, 6) is 3.01. The lowest BCUT2D eigenvalue weighted by molar-refractivity contribution is 0.0767. The molecule has 0 amide bonds. The molecule has 72 valence electrons. The second kappa shape index (κ2) is 3.15. The fraction of sp³-hybridized carbons (Fsp3) is 0.385. The Balaban J connectivity index is 2.59. The molecule has 0 saturated carbocycles. The highest BCUT2D eigenvalue weighted by atomic mass is 16.3. The Hall–Kier alpha value is -1.26. The molecule has 1 N–H and O–H groups in total. The number of benzene rings is 1. The van der Waals surface area contributed by atoms with Crippen LogP contribution in [-0.2, 0) is 5.60 Å². The first-order chi connectivity index (χ1) is 6.67. The second-order valence-corrected chi connectivity index (χ2v) is 4.03. The molecule has 2 unspecified atom stereocenters. The first-order valence-corrected chi connectivity index (χ1v) is 4.97. The normalized spacial score (nSPS) is 30.5. The molecule has 0 spiro atoms. The van der Waals surface area contributed by atoms with Crippen LogP contribution in [0.15, 0.2) is 24.3 Å². The zero-order valence-corrected chi connectivity index (χ0v) is 8.33. The number of aliphatic hydroxyl groups is 1. The van der Waals surface area contributed by atoms with Crippen LogP contribution in [0.5, 0.6) is 0 Å². The van der Waals surface area contributed by atoms with Crippen LogP contribution in [0, 0.1) is 12.3 Å². The Kier molecular flexibility index (Phi) is 2.09. The number of fused-ring (bicyclic) bond motifs is 1. The van der Waals surface area contributed by atoms with Crippen LogP contribution < -0.4 is 0 Å². The van der Waals surface area contributed by atoms with Gasteiger partial charge in [0.1, 0.15) is 0 Å². The van der Waals surface area contributed by atoms with Gasteiger partial charge in [0.25, 0.3) is 0 Å². The topological polar surface area (TPSA) is 20.2 Å². The second-order valence-electron chi connectivity index (χ2n) is 4.03. The van der Waals surface area contributed by atoms with Gasteiger partial charge < -0.3 is 5.11 Å². The van der Waals surface area contributed by atoms with E-state index in [1.165, 1.54) is 5.56 Å². The maximum atomic E-state index is 10.2. The Morgan fingerprint density at radius 1 is 1.50 bits per heavy atom. The predicted molar refractivity (Wildman–Crippen MR) is 56.8 cm³/mol. The van der Waals surface area contributed by atoms with Gasteiger partial charge in [-0.15, -0.1) is 6.42 Å². The van der Waals surface area contributed by atoms with Gasteiger partial charge in [0.05, 0.1) is 0 Å². The van der Waals surface area contributed by atoms with E-state index < -0.39 is 5.60 Å². The van der Waals surface area contributed by atoms with Gasteiger partial charge in [0, 0.05) is 0 Å². The van der Waals surface area contributed by atoms with Crippen LogP contribution >= 0.6 is 0 Å². The van der Waals surface area contributed by atoms with Gasteiger partial charge in [-0.3, -0.25) is 0 Å². The summed E-state index contributed by atoms with van der Waals surface area (Å²) in [6.45, 7) is 2.18. The number of hydrogen-bond acceptors (Lipinski definition) is 1. The third kappa shape index (κ3) is 1.23. The molecule has 1 aromatic rings. The predicted octanol–water partition coefficient (Wildman–Crippen LogP) is 2.40. The molecule has 2 atom stereocenters. The zero-order chi connectivity index (χ0) is 10.2. The molecule has 1 aliphatic carbocycles. The van der Waals surface area contributed by atoms with E-state index in [1.807, 2.05) is 18.2 Å². The molecule has 1 aliphatic rings. The Morgan fingerprint density at radius 3 is 2.93 bits per heavy atom. The van der Waals surface area contributed by atoms with Crippen molar-refractivity contribution in [2.75, 3.05) is 0 Å². The minimum absolute atomic E-state index is 0.500. The van der Waals surface area contributed by atoms with Crippen molar-refractivity contribution in [3.05, 3.63) is 35.4 Å². The van der Waals surface area contributed by atoms with Crippen LogP contribution in [0.1, 0.15) is 36.8 Å². The third-order valence-electron chi connectivity index (χ3n) is 3.12. The molecule has 0 heterocycles. The average molecular weight is 186 g/mol. The first kappa shape index (κ1) is 9.30. The summed E-state index contributed by atoms with van der Waals surface area (Å²) in [4.78, 5) is 0. The van der Waals surface area contributed by atoms with Crippen molar-refractivity contribution >= 4 is 0 Å². The fourth-order valence-electron chi connectivity index (χ4n) is 2.17. The van der Waals surface area contributed by atoms with Crippen molar-refractivity contribution in [3.8, 4) is 12.3 Å². The number of rotatable bonds is 0. The van der Waals surface area contributed by atoms with Crippen molar-refractivity contribution in [1.29, 1.82) is 0 Å². The van der Waals surface area contributed by atoms with E-state index in [2.05, 4.69) is 18.9 Å². The van der Waals surface area contributed by atoms with E-state index in [9.17, 15) is 5.11 Å². The molecule has 0 aliphatic heterocycles. The van der Waals surface area contributed by atoms with Crippen molar-refractivity contribution < 1.29 is 5.11 Å². The molecule has 2 rings (SSSR count). The largest absolute Gasteiger partial charge is 0.373 e. The molecule has 14 heavy (non-hydrogen) atoms. The van der Waals surface area contributed by atoms with E-state index >= 15 is 0 Å². The van der Waals surface area contributed by atoms with Crippen LogP contribution in [0.2, 0.25) is 0 Å². The van der Waals surface area contributed by atoms with Gasteiger partial charge >= 0.3 is 0 Å². The smallest absolute Gasteiger partial charge is 0.150 e. The van der Waals surface area contributed by atoms with E-state index in [0.29, 0.717) is 12.3 Å². The molecule has 1 aromatic carbocycles. The highest BCUT2D eigenvalue weighted by Gasteiger charge is 2.34. The van der Waals surface area contributed by atoms with Gasteiger partial charge in [0.15, 0.2) is 5.60 Å². The average Bonchev–Trinajstić information content (AvgIpc) is 2.24. The third-order valence-corrected chi connectivity index (χ3v) is 3.12.